The van der Waals surface area contributed by atoms with Crippen LogP contribution in [0.25, 0.3) is 0 Å². The highest BCUT2D eigenvalue weighted by atomic mass is 35.5. The summed E-state index contributed by atoms with van der Waals surface area (Å²) in [4.78, 5) is 5.22. The first-order valence-electron chi connectivity index (χ1n) is 3.84. The molecule has 0 aromatic heterocycles. The van der Waals surface area contributed by atoms with Crippen LogP contribution in [0.2, 0.25) is 0 Å². The second kappa shape index (κ2) is 2.86. The molecule has 2 atom stereocenters. The van der Waals surface area contributed by atoms with Gasteiger partial charge in [0.2, 0.25) is 0 Å². The van der Waals surface area contributed by atoms with Crippen molar-refractivity contribution in [3.8, 4) is 0 Å². The van der Waals surface area contributed by atoms with E-state index in [2.05, 4.69) is 17.3 Å². The number of allylic oxidation sites excluding steroid dienone is 1. The first-order chi connectivity index (χ1) is 5.40. The number of oxime groups is 1. The predicted octanol–water partition coefficient (Wildman–Crippen LogP) is 1.95. The van der Waals surface area contributed by atoms with Gasteiger partial charge >= 0.3 is 0 Å². The van der Waals surface area contributed by atoms with Crippen molar-refractivity contribution >= 4 is 17.3 Å². The standard InChI is InChI=1S/C8H10ClNO/c9-5-7-4-6-2-1-3-8(6)11-10-7/h1,3,6,8H,2,4-5H2/t6-,8-/m0/s1. The molecule has 0 spiro atoms. The minimum atomic E-state index is 0.224. The van der Waals surface area contributed by atoms with Gasteiger partial charge in [0.05, 0.1) is 11.6 Å². The van der Waals surface area contributed by atoms with Crippen molar-refractivity contribution in [1.29, 1.82) is 0 Å². The molecule has 0 radical (unpaired) electrons. The highest BCUT2D eigenvalue weighted by molar-refractivity contribution is 6.28. The number of fused-ring (bicyclic) bond motifs is 1. The molecule has 11 heavy (non-hydrogen) atoms. The fraction of sp³-hybridized carbons (Fsp3) is 0.625. The molecule has 1 heterocycles. The molecule has 60 valence electrons. The zero-order valence-corrected chi connectivity index (χ0v) is 6.92. The molecule has 2 nitrogen and oxygen atoms in total. The van der Waals surface area contributed by atoms with Gasteiger partial charge in [-0.1, -0.05) is 11.2 Å². The van der Waals surface area contributed by atoms with Crippen LogP contribution in [0.4, 0.5) is 0 Å². The van der Waals surface area contributed by atoms with Crippen LogP contribution in [0.3, 0.4) is 0 Å². The van der Waals surface area contributed by atoms with Crippen LogP contribution in [-0.4, -0.2) is 17.7 Å². The Labute approximate surface area is 70.9 Å². The zero-order chi connectivity index (χ0) is 7.68. The highest BCUT2D eigenvalue weighted by Crippen LogP contribution is 2.28. The lowest BCUT2D eigenvalue weighted by Crippen LogP contribution is -2.25. The largest absolute Gasteiger partial charge is 0.388 e. The number of rotatable bonds is 1. The summed E-state index contributed by atoms with van der Waals surface area (Å²) in [5, 5.41) is 3.92. The van der Waals surface area contributed by atoms with Gasteiger partial charge < -0.3 is 4.84 Å². The van der Waals surface area contributed by atoms with Crippen molar-refractivity contribution in [1.82, 2.24) is 0 Å². The van der Waals surface area contributed by atoms with Crippen LogP contribution in [0.15, 0.2) is 17.3 Å². The fourth-order valence-electron chi connectivity index (χ4n) is 1.55. The molecule has 3 heteroatoms. The SMILES string of the molecule is ClCC1=NO[C@H]2C=CC[C@H]2C1. The van der Waals surface area contributed by atoms with Gasteiger partial charge in [0.15, 0.2) is 0 Å². The second-order valence-electron chi connectivity index (χ2n) is 2.99. The molecule has 1 aliphatic carbocycles. The normalized spacial score (nSPS) is 34.5. The van der Waals surface area contributed by atoms with Crippen LogP contribution in [-0.2, 0) is 4.84 Å². The third-order valence-electron chi connectivity index (χ3n) is 2.18. The smallest absolute Gasteiger partial charge is 0.149 e. The van der Waals surface area contributed by atoms with Crippen molar-refractivity contribution in [3.63, 3.8) is 0 Å². The summed E-state index contributed by atoms with van der Waals surface area (Å²) in [6.07, 6.45) is 6.57. The molecule has 0 N–H and O–H groups in total. The Balaban J connectivity index is 2.06. The molecule has 0 fully saturated rings. The summed E-state index contributed by atoms with van der Waals surface area (Å²) in [6.45, 7) is 0. The Bertz CT molecular complexity index is 212. The monoisotopic (exact) mass is 171 g/mol. The Morgan fingerprint density at radius 2 is 2.64 bits per heavy atom. The molecule has 0 bridgehead atoms. The first-order valence-corrected chi connectivity index (χ1v) is 4.38. The minimum Gasteiger partial charge on any atom is -0.388 e. The Morgan fingerprint density at radius 1 is 1.73 bits per heavy atom. The van der Waals surface area contributed by atoms with Gasteiger partial charge in [-0.05, 0) is 18.9 Å². The van der Waals surface area contributed by atoms with Crippen molar-refractivity contribution in [3.05, 3.63) is 12.2 Å². The van der Waals surface area contributed by atoms with Gasteiger partial charge in [0.25, 0.3) is 0 Å². The average Bonchev–Trinajstić information content (AvgIpc) is 2.50. The molecule has 1 aliphatic heterocycles. The van der Waals surface area contributed by atoms with E-state index in [1.165, 1.54) is 0 Å². The van der Waals surface area contributed by atoms with Crippen LogP contribution in [0.1, 0.15) is 12.8 Å². The third kappa shape index (κ3) is 1.27. The van der Waals surface area contributed by atoms with Crippen LogP contribution in [0.5, 0.6) is 0 Å². The quantitative estimate of drug-likeness (QED) is 0.437. The Kier molecular flexibility index (Phi) is 1.86. The predicted molar refractivity (Wildman–Crippen MR) is 44.9 cm³/mol. The maximum absolute atomic E-state index is 5.64. The summed E-state index contributed by atoms with van der Waals surface area (Å²) in [6, 6.07) is 0. The van der Waals surface area contributed by atoms with Gasteiger partial charge in [-0.25, -0.2) is 0 Å². The summed E-state index contributed by atoms with van der Waals surface area (Å²) >= 11 is 5.64. The van der Waals surface area contributed by atoms with Crippen molar-refractivity contribution in [2.75, 3.05) is 5.88 Å². The average molecular weight is 172 g/mol. The van der Waals surface area contributed by atoms with Gasteiger partial charge in [-0.2, -0.15) is 0 Å². The van der Waals surface area contributed by atoms with E-state index in [0.29, 0.717) is 11.8 Å². The summed E-state index contributed by atoms with van der Waals surface area (Å²) in [7, 11) is 0. The first kappa shape index (κ1) is 7.17. The van der Waals surface area contributed by atoms with Gasteiger partial charge in [-0.15, -0.1) is 11.6 Å². The summed E-state index contributed by atoms with van der Waals surface area (Å²) in [5.41, 5.74) is 0.983. The zero-order valence-electron chi connectivity index (χ0n) is 6.16. The molecule has 0 aromatic rings. The maximum atomic E-state index is 5.64. The number of hydrogen-bond donors (Lipinski definition) is 0. The Morgan fingerprint density at radius 3 is 3.45 bits per heavy atom. The van der Waals surface area contributed by atoms with Crippen LogP contribution >= 0.6 is 11.6 Å². The molecule has 0 saturated carbocycles. The number of halogens is 1. The lowest BCUT2D eigenvalue weighted by Gasteiger charge is -2.22. The number of hydrogen-bond acceptors (Lipinski definition) is 2. The molecular formula is C8H10ClNO. The topological polar surface area (TPSA) is 21.6 Å². The van der Waals surface area contributed by atoms with E-state index in [1.807, 2.05) is 0 Å². The minimum absolute atomic E-state index is 0.224. The molecule has 2 rings (SSSR count). The second-order valence-corrected chi connectivity index (χ2v) is 3.26. The van der Waals surface area contributed by atoms with Gasteiger partial charge in [0, 0.05) is 5.92 Å². The van der Waals surface area contributed by atoms with Gasteiger partial charge in [0.1, 0.15) is 6.10 Å². The fourth-order valence-corrected chi connectivity index (χ4v) is 1.71. The molecular weight excluding hydrogens is 162 g/mol. The summed E-state index contributed by atoms with van der Waals surface area (Å²) in [5.74, 6) is 1.10. The molecule has 0 unspecified atom stereocenters. The van der Waals surface area contributed by atoms with E-state index in [0.717, 1.165) is 18.6 Å². The lowest BCUT2D eigenvalue weighted by atomic mass is 9.97. The van der Waals surface area contributed by atoms with E-state index >= 15 is 0 Å². The van der Waals surface area contributed by atoms with E-state index in [4.69, 9.17) is 16.4 Å². The van der Waals surface area contributed by atoms with Crippen molar-refractivity contribution < 1.29 is 4.84 Å². The lowest BCUT2D eigenvalue weighted by molar-refractivity contribution is 0.0462. The molecule has 0 amide bonds. The van der Waals surface area contributed by atoms with Gasteiger partial charge in [-0.3, -0.25) is 0 Å². The summed E-state index contributed by atoms with van der Waals surface area (Å²) < 4.78 is 0. The number of alkyl halides is 1. The molecule has 2 aliphatic rings. The third-order valence-corrected chi connectivity index (χ3v) is 2.49. The van der Waals surface area contributed by atoms with Crippen molar-refractivity contribution in [2.45, 2.75) is 18.9 Å². The molecule has 0 saturated heterocycles. The van der Waals surface area contributed by atoms with Crippen LogP contribution in [0, 0.1) is 5.92 Å². The highest BCUT2D eigenvalue weighted by Gasteiger charge is 2.29. The van der Waals surface area contributed by atoms with E-state index < -0.39 is 0 Å². The van der Waals surface area contributed by atoms with Crippen molar-refractivity contribution in [2.24, 2.45) is 11.1 Å². The van der Waals surface area contributed by atoms with E-state index in [1.54, 1.807) is 0 Å². The Hall–Kier alpha value is -0.500. The number of nitrogens with zero attached hydrogens (tertiary/aromatic N) is 1. The van der Waals surface area contributed by atoms with E-state index in [-0.39, 0.29) is 6.10 Å². The molecule has 0 aromatic carbocycles. The van der Waals surface area contributed by atoms with Crippen LogP contribution < -0.4 is 0 Å². The van der Waals surface area contributed by atoms with E-state index in [9.17, 15) is 0 Å². The maximum Gasteiger partial charge on any atom is 0.149 e.